The predicted molar refractivity (Wildman–Crippen MR) is 61.5 cm³/mol. The zero-order valence-corrected chi connectivity index (χ0v) is 10.2. The fourth-order valence-corrected chi connectivity index (χ4v) is 1.83. The quantitative estimate of drug-likeness (QED) is 0.659. The van der Waals surface area contributed by atoms with E-state index in [4.69, 9.17) is 0 Å². The van der Waals surface area contributed by atoms with Gasteiger partial charge in [0.25, 0.3) is 0 Å². The van der Waals surface area contributed by atoms with Crippen LogP contribution < -0.4 is 0 Å². The maximum absolute atomic E-state index is 13.8. The summed E-state index contributed by atoms with van der Waals surface area (Å²) < 4.78 is 66.4. The maximum atomic E-state index is 13.8. The molecule has 0 bridgehead atoms. The summed E-state index contributed by atoms with van der Waals surface area (Å²) in [6, 6.07) is 3.06. The minimum atomic E-state index is -1.94. The first-order chi connectivity index (χ1) is 9.32. The van der Waals surface area contributed by atoms with Gasteiger partial charge in [0.2, 0.25) is 0 Å². The van der Waals surface area contributed by atoms with Gasteiger partial charge in [0.05, 0.1) is 5.56 Å². The number of aliphatic hydroxyl groups is 1. The molecule has 2 aromatic rings. The number of hydrogen-bond donors (Lipinski definition) is 1. The van der Waals surface area contributed by atoms with E-state index in [0.717, 1.165) is 12.1 Å². The van der Waals surface area contributed by atoms with E-state index in [0.29, 0.717) is 12.1 Å². The van der Waals surface area contributed by atoms with Gasteiger partial charge in [-0.25, -0.2) is 22.0 Å². The molecule has 2 rings (SSSR count). The fraction of sp³-hybridized carbons (Fsp3) is 0.143. The molecule has 0 aliphatic rings. The van der Waals surface area contributed by atoms with Crippen molar-refractivity contribution in [3.8, 4) is 0 Å². The van der Waals surface area contributed by atoms with E-state index in [1.807, 2.05) is 0 Å². The van der Waals surface area contributed by atoms with E-state index in [2.05, 4.69) is 0 Å². The molecule has 1 atom stereocenters. The Balaban J connectivity index is 2.57. The van der Waals surface area contributed by atoms with Gasteiger partial charge < -0.3 is 5.11 Å². The van der Waals surface area contributed by atoms with Crippen molar-refractivity contribution in [3.05, 3.63) is 70.0 Å². The van der Waals surface area contributed by atoms with Crippen LogP contribution in [0.5, 0.6) is 0 Å². The molecule has 0 aliphatic heterocycles. The van der Waals surface area contributed by atoms with E-state index >= 15 is 0 Å². The molecule has 0 heterocycles. The Morgan fingerprint density at radius 3 is 1.95 bits per heavy atom. The number of rotatable bonds is 2. The van der Waals surface area contributed by atoms with E-state index in [-0.39, 0.29) is 5.56 Å². The lowest BCUT2D eigenvalue weighted by Gasteiger charge is -2.15. The molecule has 0 spiro atoms. The standard InChI is InChI=1S/C14H9F5O/c1-6-2-3-8(15)11(12(6)18)14(20)7-4-9(16)13(19)10(17)5-7/h2-5,14,20H,1H3. The average Bonchev–Trinajstić information content (AvgIpc) is 2.40. The van der Waals surface area contributed by atoms with Crippen LogP contribution in [-0.2, 0) is 0 Å². The Labute approximate surface area is 111 Å². The molecule has 0 fully saturated rings. The second-order valence-corrected chi connectivity index (χ2v) is 4.29. The Hall–Kier alpha value is -1.95. The molecule has 1 N–H and O–H groups in total. The van der Waals surface area contributed by atoms with Crippen LogP contribution in [0.2, 0.25) is 0 Å². The largest absolute Gasteiger partial charge is 0.383 e. The molecule has 2 aromatic carbocycles. The van der Waals surface area contributed by atoms with E-state index in [1.54, 1.807) is 0 Å². The van der Waals surface area contributed by atoms with Crippen molar-refractivity contribution in [2.24, 2.45) is 0 Å². The highest BCUT2D eigenvalue weighted by atomic mass is 19.2. The second kappa shape index (κ2) is 5.20. The van der Waals surface area contributed by atoms with Gasteiger partial charge >= 0.3 is 0 Å². The molecule has 0 aromatic heterocycles. The molecule has 0 saturated carbocycles. The lowest BCUT2D eigenvalue weighted by atomic mass is 9.98. The summed E-state index contributed by atoms with van der Waals surface area (Å²) in [5.74, 6) is -6.90. The summed E-state index contributed by atoms with van der Waals surface area (Å²) in [7, 11) is 0. The lowest BCUT2D eigenvalue weighted by molar-refractivity contribution is 0.207. The summed E-state index contributed by atoms with van der Waals surface area (Å²) in [5, 5.41) is 9.88. The van der Waals surface area contributed by atoms with Gasteiger partial charge in [0.15, 0.2) is 17.5 Å². The molecule has 0 amide bonds. The Morgan fingerprint density at radius 1 is 0.850 bits per heavy atom. The third-order valence-electron chi connectivity index (χ3n) is 2.91. The van der Waals surface area contributed by atoms with Crippen molar-refractivity contribution in [2.45, 2.75) is 13.0 Å². The van der Waals surface area contributed by atoms with Crippen molar-refractivity contribution in [1.82, 2.24) is 0 Å². The minimum Gasteiger partial charge on any atom is -0.383 e. The van der Waals surface area contributed by atoms with Gasteiger partial charge in [0, 0.05) is 0 Å². The topological polar surface area (TPSA) is 20.2 Å². The molecule has 1 nitrogen and oxygen atoms in total. The summed E-state index contributed by atoms with van der Waals surface area (Å²) in [4.78, 5) is 0. The van der Waals surface area contributed by atoms with Crippen molar-refractivity contribution < 1.29 is 27.1 Å². The fourth-order valence-electron chi connectivity index (χ4n) is 1.83. The van der Waals surface area contributed by atoms with Crippen LogP contribution in [0.4, 0.5) is 22.0 Å². The molecule has 0 radical (unpaired) electrons. The Kier molecular flexibility index (Phi) is 3.76. The molecule has 6 heteroatoms. The van der Waals surface area contributed by atoms with Crippen LogP contribution in [0.15, 0.2) is 24.3 Å². The monoisotopic (exact) mass is 288 g/mol. The maximum Gasteiger partial charge on any atom is 0.194 e. The normalized spacial score (nSPS) is 12.6. The zero-order chi connectivity index (χ0) is 15.0. The van der Waals surface area contributed by atoms with Gasteiger partial charge in [-0.2, -0.15) is 0 Å². The highest BCUT2D eigenvalue weighted by molar-refractivity contribution is 5.35. The average molecular weight is 288 g/mol. The van der Waals surface area contributed by atoms with E-state index < -0.39 is 46.3 Å². The highest BCUT2D eigenvalue weighted by Crippen LogP contribution is 2.29. The molecule has 20 heavy (non-hydrogen) atoms. The molecule has 0 aliphatic carbocycles. The van der Waals surface area contributed by atoms with Gasteiger partial charge in [0.1, 0.15) is 17.7 Å². The van der Waals surface area contributed by atoms with Crippen LogP contribution in [-0.4, -0.2) is 5.11 Å². The first-order valence-electron chi connectivity index (χ1n) is 5.60. The summed E-state index contributed by atoms with van der Waals surface area (Å²) in [6.45, 7) is 1.34. The molecule has 1 unspecified atom stereocenters. The Bertz CT molecular complexity index is 646. The van der Waals surface area contributed by atoms with Crippen LogP contribution in [0.1, 0.15) is 22.8 Å². The smallest absolute Gasteiger partial charge is 0.194 e. The molecular weight excluding hydrogens is 279 g/mol. The van der Waals surface area contributed by atoms with Gasteiger partial charge in [-0.15, -0.1) is 0 Å². The highest BCUT2D eigenvalue weighted by Gasteiger charge is 2.23. The van der Waals surface area contributed by atoms with E-state index in [1.165, 1.54) is 6.92 Å². The van der Waals surface area contributed by atoms with E-state index in [9.17, 15) is 27.1 Å². The molecule has 106 valence electrons. The number of aliphatic hydroxyl groups excluding tert-OH is 1. The van der Waals surface area contributed by atoms with Crippen molar-refractivity contribution in [1.29, 1.82) is 0 Å². The second-order valence-electron chi connectivity index (χ2n) is 4.29. The van der Waals surface area contributed by atoms with Gasteiger partial charge in [-0.05, 0) is 36.2 Å². The van der Waals surface area contributed by atoms with Crippen LogP contribution in [0, 0.1) is 36.0 Å². The number of aryl methyl sites for hydroxylation is 1. The summed E-state index contributed by atoms with van der Waals surface area (Å²) >= 11 is 0. The molecule has 0 saturated heterocycles. The van der Waals surface area contributed by atoms with Gasteiger partial charge in [-0.3, -0.25) is 0 Å². The van der Waals surface area contributed by atoms with Crippen molar-refractivity contribution >= 4 is 0 Å². The number of halogens is 5. The zero-order valence-electron chi connectivity index (χ0n) is 10.2. The van der Waals surface area contributed by atoms with Crippen LogP contribution in [0.3, 0.4) is 0 Å². The predicted octanol–water partition coefficient (Wildman–Crippen LogP) is 3.77. The first kappa shape index (κ1) is 14.5. The number of benzene rings is 2. The van der Waals surface area contributed by atoms with Crippen molar-refractivity contribution in [3.63, 3.8) is 0 Å². The lowest BCUT2D eigenvalue weighted by Crippen LogP contribution is -2.08. The first-order valence-corrected chi connectivity index (χ1v) is 5.60. The number of hydrogen-bond acceptors (Lipinski definition) is 1. The summed E-state index contributed by atoms with van der Waals surface area (Å²) in [5.41, 5.74) is -1.16. The van der Waals surface area contributed by atoms with Gasteiger partial charge in [-0.1, -0.05) is 6.07 Å². The summed E-state index contributed by atoms with van der Waals surface area (Å²) in [6.07, 6.45) is -1.94. The third kappa shape index (κ3) is 2.38. The minimum absolute atomic E-state index is 0.0588. The SMILES string of the molecule is Cc1ccc(F)c(C(O)c2cc(F)c(F)c(F)c2)c1F. The van der Waals surface area contributed by atoms with Crippen LogP contribution in [0.25, 0.3) is 0 Å². The Morgan fingerprint density at radius 2 is 1.40 bits per heavy atom. The molecular formula is C14H9F5O. The third-order valence-corrected chi connectivity index (χ3v) is 2.91. The van der Waals surface area contributed by atoms with Crippen molar-refractivity contribution in [2.75, 3.05) is 0 Å². The van der Waals surface area contributed by atoms with Crippen LogP contribution >= 0.6 is 0 Å².